The van der Waals surface area contributed by atoms with Gasteiger partial charge in [0.25, 0.3) is 0 Å². The van der Waals surface area contributed by atoms with E-state index >= 15 is 0 Å². The van der Waals surface area contributed by atoms with Crippen LogP contribution in [0.5, 0.6) is 0 Å². The number of carbonyl (C=O) groups excluding carboxylic acids is 1. The molecule has 0 bridgehead atoms. The summed E-state index contributed by atoms with van der Waals surface area (Å²) in [6, 6.07) is 13.1. The summed E-state index contributed by atoms with van der Waals surface area (Å²) in [4.78, 5) is 23.9. The largest absolute Gasteiger partial charge is 0.326 e. The van der Waals surface area contributed by atoms with Gasteiger partial charge in [-0.25, -0.2) is 9.97 Å². The van der Waals surface area contributed by atoms with Gasteiger partial charge in [-0.2, -0.15) is 0 Å². The van der Waals surface area contributed by atoms with Gasteiger partial charge in [0, 0.05) is 30.6 Å². The summed E-state index contributed by atoms with van der Waals surface area (Å²) in [7, 11) is 0. The van der Waals surface area contributed by atoms with E-state index < -0.39 is 0 Å². The summed E-state index contributed by atoms with van der Waals surface area (Å²) in [5, 5.41) is 5.87. The maximum absolute atomic E-state index is 11.2. The van der Waals surface area contributed by atoms with E-state index in [0.717, 1.165) is 22.6 Å². The number of anilines is 3. The van der Waals surface area contributed by atoms with E-state index in [1.165, 1.54) is 6.92 Å². The average Bonchev–Trinajstić information content (AvgIpc) is 2.56. The fourth-order valence-corrected chi connectivity index (χ4v) is 2.11. The summed E-state index contributed by atoms with van der Waals surface area (Å²) in [5.74, 6) is 0.379. The third-order valence-electron chi connectivity index (χ3n) is 3.05. The van der Waals surface area contributed by atoms with Gasteiger partial charge in [0.05, 0.1) is 17.6 Å². The van der Waals surface area contributed by atoms with E-state index in [9.17, 15) is 4.79 Å². The lowest BCUT2D eigenvalue weighted by Crippen LogP contribution is -2.05. The molecular weight excluding hydrogens is 290 g/mol. The molecule has 6 heteroatoms. The SMILES string of the molecule is CC(=O)Nc1cccc(-c2ccnc(Nc3cccnc3)n2)c1. The number of pyridine rings is 1. The molecule has 23 heavy (non-hydrogen) atoms. The summed E-state index contributed by atoms with van der Waals surface area (Å²) >= 11 is 0. The van der Waals surface area contributed by atoms with Crippen molar-refractivity contribution in [2.75, 3.05) is 10.6 Å². The second-order valence-corrected chi connectivity index (χ2v) is 4.89. The van der Waals surface area contributed by atoms with E-state index in [-0.39, 0.29) is 5.91 Å². The highest BCUT2D eigenvalue weighted by Gasteiger charge is 2.04. The van der Waals surface area contributed by atoms with Crippen molar-refractivity contribution in [1.82, 2.24) is 15.0 Å². The summed E-state index contributed by atoms with van der Waals surface area (Å²) in [6.45, 7) is 1.48. The van der Waals surface area contributed by atoms with Crippen LogP contribution < -0.4 is 10.6 Å². The Morgan fingerprint density at radius 2 is 1.91 bits per heavy atom. The Labute approximate surface area is 133 Å². The number of carbonyl (C=O) groups is 1. The number of hydrogen-bond donors (Lipinski definition) is 2. The molecule has 0 fully saturated rings. The quantitative estimate of drug-likeness (QED) is 0.773. The van der Waals surface area contributed by atoms with Gasteiger partial charge in [-0.3, -0.25) is 9.78 Å². The molecule has 0 saturated heterocycles. The van der Waals surface area contributed by atoms with Crippen LogP contribution in [0.15, 0.2) is 61.1 Å². The number of nitrogens with one attached hydrogen (secondary N) is 2. The first kappa shape index (κ1) is 14.6. The first-order chi connectivity index (χ1) is 11.2. The summed E-state index contributed by atoms with van der Waals surface area (Å²) < 4.78 is 0. The topological polar surface area (TPSA) is 79.8 Å². The second-order valence-electron chi connectivity index (χ2n) is 4.89. The molecule has 3 rings (SSSR count). The number of benzene rings is 1. The van der Waals surface area contributed by atoms with Crippen molar-refractivity contribution in [2.45, 2.75) is 6.92 Å². The third-order valence-corrected chi connectivity index (χ3v) is 3.05. The van der Waals surface area contributed by atoms with Crippen LogP contribution in [0.25, 0.3) is 11.3 Å². The zero-order valence-electron chi connectivity index (χ0n) is 12.5. The Bertz CT molecular complexity index is 820. The molecule has 2 N–H and O–H groups in total. The van der Waals surface area contributed by atoms with Crippen molar-refractivity contribution in [3.8, 4) is 11.3 Å². The van der Waals surface area contributed by atoms with Crippen LogP contribution in [0, 0.1) is 0 Å². The van der Waals surface area contributed by atoms with Gasteiger partial charge in [0.1, 0.15) is 0 Å². The van der Waals surface area contributed by atoms with Gasteiger partial charge in [-0.1, -0.05) is 12.1 Å². The maximum Gasteiger partial charge on any atom is 0.227 e. The molecule has 0 aliphatic carbocycles. The van der Waals surface area contributed by atoms with Gasteiger partial charge in [0.15, 0.2) is 0 Å². The molecule has 1 amide bonds. The Kier molecular flexibility index (Phi) is 4.24. The lowest BCUT2D eigenvalue weighted by molar-refractivity contribution is -0.114. The van der Waals surface area contributed by atoms with Crippen LogP contribution in [0.2, 0.25) is 0 Å². The first-order valence-corrected chi connectivity index (χ1v) is 7.09. The molecule has 1 aromatic carbocycles. The monoisotopic (exact) mass is 305 g/mol. The van der Waals surface area contributed by atoms with Gasteiger partial charge in [-0.15, -0.1) is 0 Å². The predicted molar refractivity (Wildman–Crippen MR) is 89.3 cm³/mol. The Morgan fingerprint density at radius 1 is 1.04 bits per heavy atom. The molecule has 6 nitrogen and oxygen atoms in total. The lowest BCUT2D eigenvalue weighted by Gasteiger charge is -2.08. The predicted octanol–water partition coefficient (Wildman–Crippen LogP) is 3.24. The van der Waals surface area contributed by atoms with Crippen LogP contribution in [-0.2, 0) is 4.79 Å². The van der Waals surface area contributed by atoms with Crippen LogP contribution in [0.4, 0.5) is 17.3 Å². The highest BCUT2D eigenvalue weighted by Crippen LogP contribution is 2.22. The van der Waals surface area contributed by atoms with Crippen LogP contribution >= 0.6 is 0 Å². The molecule has 0 spiro atoms. The van der Waals surface area contributed by atoms with Gasteiger partial charge >= 0.3 is 0 Å². The molecule has 114 valence electrons. The number of hydrogen-bond acceptors (Lipinski definition) is 5. The molecule has 0 radical (unpaired) electrons. The fourth-order valence-electron chi connectivity index (χ4n) is 2.11. The first-order valence-electron chi connectivity index (χ1n) is 7.09. The minimum absolute atomic E-state index is 0.108. The van der Waals surface area contributed by atoms with Crippen molar-refractivity contribution in [1.29, 1.82) is 0 Å². The molecule has 0 atom stereocenters. The van der Waals surface area contributed by atoms with Crippen molar-refractivity contribution in [2.24, 2.45) is 0 Å². The van der Waals surface area contributed by atoms with Crippen LogP contribution in [0.3, 0.4) is 0 Å². The van der Waals surface area contributed by atoms with Crippen molar-refractivity contribution >= 4 is 23.2 Å². The maximum atomic E-state index is 11.2. The zero-order valence-corrected chi connectivity index (χ0v) is 12.5. The van der Waals surface area contributed by atoms with E-state index in [4.69, 9.17) is 0 Å². The molecule has 0 saturated carbocycles. The number of amides is 1. The van der Waals surface area contributed by atoms with Crippen LogP contribution in [-0.4, -0.2) is 20.9 Å². The number of rotatable bonds is 4. The normalized spacial score (nSPS) is 10.1. The van der Waals surface area contributed by atoms with Crippen molar-refractivity contribution in [3.63, 3.8) is 0 Å². The minimum atomic E-state index is -0.108. The van der Waals surface area contributed by atoms with Gasteiger partial charge in [-0.05, 0) is 30.3 Å². The minimum Gasteiger partial charge on any atom is -0.326 e. The Morgan fingerprint density at radius 3 is 2.70 bits per heavy atom. The second kappa shape index (κ2) is 6.65. The average molecular weight is 305 g/mol. The summed E-state index contributed by atoms with van der Waals surface area (Å²) in [5.41, 5.74) is 3.21. The molecule has 0 aliphatic rings. The standard InChI is InChI=1S/C17H15N5O/c1-12(23)20-14-5-2-4-13(10-14)16-7-9-19-17(22-16)21-15-6-3-8-18-11-15/h2-11H,1H3,(H,20,23)(H,19,21,22). The smallest absolute Gasteiger partial charge is 0.227 e. The van der Waals surface area contributed by atoms with E-state index in [1.54, 1.807) is 18.6 Å². The highest BCUT2D eigenvalue weighted by molar-refractivity contribution is 5.89. The molecule has 2 aromatic heterocycles. The molecule has 0 unspecified atom stereocenters. The van der Waals surface area contributed by atoms with E-state index in [1.807, 2.05) is 42.5 Å². The van der Waals surface area contributed by atoms with Crippen molar-refractivity contribution in [3.05, 3.63) is 61.1 Å². The van der Waals surface area contributed by atoms with Crippen molar-refractivity contribution < 1.29 is 4.79 Å². The molecule has 2 heterocycles. The number of nitrogens with zero attached hydrogens (tertiary/aromatic N) is 3. The molecule has 0 aliphatic heterocycles. The highest BCUT2D eigenvalue weighted by atomic mass is 16.1. The van der Waals surface area contributed by atoms with Gasteiger partial charge < -0.3 is 10.6 Å². The Hall–Kier alpha value is -3.28. The molecular formula is C17H15N5O. The lowest BCUT2D eigenvalue weighted by atomic mass is 10.1. The fraction of sp³-hybridized carbons (Fsp3) is 0.0588. The zero-order chi connectivity index (χ0) is 16.1. The van der Waals surface area contributed by atoms with Gasteiger partial charge in [0.2, 0.25) is 11.9 Å². The third kappa shape index (κ3) is 3.88. The number of aromatic nitrogens is 3. The summed E-state index contributed by atoms with van der Waals surface area (Å²) in [6.07, 6.45) is 5.09. The molecule has 3 aromatic rings. The van der Waals surface area contributed by atoms with E-state index in [0.29, 0.717) is 5.95 Å². The Balaban J connectivity index is 1.86. The van der Waals surface area contributed by atoms with Crippen LogP contribution in [0.1, 0.15) is 6.92 Å². The van der Waals surface area contributed by atoms with E-state index in [2.05, 4.69) is 25.6 Å².